The number of guanidine groups is 1. The molecular formula is C17H19F3IN5S. The molecule has 2 aromatic rings. The van der Waals surface area contributed by atoms with E-state index in [1.54, 1.807) is 18.2 Å². The van der Waals surface area contributed by atoms with Crippen LogP contribution in [0.2, 0.25) is 0 Å². The van der Waals surface area contributed by atoms with Crippen LogP contribution in [-0.2, 0) is 19.1 Å². The summed E-state index contributed by atoms with van der Waals surface area (Å²) < 4.78 is 37.6. The van der Waals surface area contributed by atoms with Crippen molar-refractivity contribution in [2.24, 2.45) is 4.99 Å². The Morgan fingerprint density at radius 2 is 2.11 bits per heavy atom. The second-order valence-electron chi connectivity index (χ2n) is 5.31. The van der Waals surface area contributed by atoms with Gasteiger partial charge in [-0.3, -0.25) is 0 Å². The van der Waals surface area contributed by atoms with Crippen molar-refractivity contribution in [2.75, 3.05) is 13.1 Å². The number of alkyl halides is 3. The standard InChI is InChI=1S/C17H18F3N5S.HI/c1-2-22-16(24-10-13-5-3-4-12(8-13)9-21)23-7-6-15-25-14(11-26-15)17(18,19)20;/h3-5,8,11H,2,6-7,10H2,1H3,(H2,22,23,24);1H. The van der Waals surface area contributed by atoms with Crippen molar-refractivity contribution in [3.05, 3.63) is 51.5 Å². The number of benzene rings is 1. The van der Waals surface area contributed by atoms with Crippen molar-refractivity contribution in [2.45, 2.75) is 26.1 Å². The minimum atomic E-state index is -4.41. The van der Waals surface area contributed by atoms with Crippen LogP contribution in [0.5, 0.6) is 0 Å². The largest absolute Gasteiger partial charge is 0.434 e. The Balaban J connectivity index is 0.00000364. The minimum absolute atomic E-state index is 0. The highest BCUT2D eigenvalue weighted by Crippen LogP contribution is 2.29. The number of thiazole rings is 1. The second kappa shape index (κ2) is 11.1. The number of halogens is 4. The molecule has 0 aliphatic carbocycles. The van der Waals surface area contributed by atoms with E-state index >= 15 is 0 Å². The van der Waals surface area contributed by atoms with Crippen LogP contribution in [0.15, 0.2) is 34.6 Å². The molecule has 2 rings (SSSR count). The number of nitrogens with one attached hydrogen (secondary N) is 2. The summed E-state index contributed by atoms with van der Waals surface area (Å²) in [6.07, 6.45) is -4.04. The molecule has 0 spiro atoms. The van der Waals surface area contributed by atoms with E-state index in [4.69, 9.17) is 5.26 Å². The van der Waals surface area contributed by atoms with Crippen molar-refractivity contribution in [1.29, 1.82) is 5.26 Å². The van der Waals surface area contributed by atoms with E-state index in [2.05, 4.69) is 26.7 Å². The van der Waals surface area contributed by atoms with Crippen LogP contribution in [0, 0.1) is 11.3 Å². The molecule has 2 N–H and O–H groups in total. The van der Waals surface area contributed by atoms with Crippen LogP contribution < -0.4 is 10.6 Å². The van der Waals surface area contributed by atoms with Gasteiger partial charge in [0.2, 0.25) is 0 Å². The molecule has 0 atom stereocenters. The van der Waals surface area contributed by atoms with E-state index in [0.717, 1.165) is 22.3 Å². The zero-order valence-corrected chi connectivity index (χ0v) is 17.7. The maximum atomic E-state index is 12.5. The van der Waals surface area contributed by atoms with Crippen LogP contribution in [0.3, 0.4) is 0 Å². The molecule has 0 saturated heterocycles. The third kappa shape index (κ3) is 7.72. The van der Waals surface area contributed by atoms with Crippen molar-refractivity contribution >= 4 is 41.3 Å². The molecule has 10 heteroatoms. The Bertz CT molecular complexity index is 798. The zero-order chi connectivity index (χ0) is 19.0. The van der Waals surface area contributed by atoms with Gasteiger partial charge in [-0.25, -0.2) is 9.98 Å². The van der Waals surface area contributed by atoms with Gasteiger partial charge < -0.3 is 10.6 Å². The fourth-order valence-electron chi connectivity index (χ4n) is 2.10. The lowest BCUT2D eigenvalue weighted by Gasteiger charge is -2.10. The third-order valence-corrected chi connectivity index (χ3v) is 4.20. The van der Waals surface area contributed by atoms with Gasteiger partial charge in [0.25, 0.3) is 0 Å². The van der Waals surface area contributed by atoms with Crippen LogP contribution in [0.25, 0.3) is 0 Å². The third-order valence-electron chi connectivity index (χ3n) is 3.29. The van der Waals surface area contributed by atoms with Gasteiger partial charge in [0, 0.05) is 24.9 Å². The Labute approximate surface area is 176 Å². The highest BCUT2D eigenvalue weighted by atomic mass is 127. The van der Waals surface area contributed by atoms with Crippen LogP contribution in [0.1, 0.15) is 28.8 Å². The summed E-state index contributed by atoms with van der Waals surface area (Å²) in [5.74, 6) is 0.558. The monoisotopic (exact) mass is 509 g/mol. The van der Waals surface area contributed by atoms with Gasteiger partial charge in [0.15, 0.2) is 11.7 Å². The van der Waals surface area contributed by atoms with E-state index in [9.17, 15) is 13.2 Å². The lowest BCUT2D eigenvalue weighted by Crippen LogP contribution is -2.38. The maximum absolute atomic E-state index is 12.5. The molecule has 1 aromatic heterocycles. The van der Waals surface area contributed by atoms with Crippen LogP contribution in [-0.4, -0.2) is 24.0 Å². The van der Waals surface area contributed by atoms with Crippen molar-refractivity contribution in [3.63, 3.8) is 0 Å². The molecule has 1 heterocycles. The summed E-state index contributed by atoms with van der Waals surface area (Å²) in [5, 5.41) is 16.5. The van der Waals surface area contributed by atoms with Gasteiger partial charge in [-0.05, 0) is 24.6 Å². The Morgan fingerprint density at radius 1 is 1.33 bits per heavy atom. The molecule has 0 aliphatic rings. The number of nitriles is 1. The van der Waals surface area contributed by atoms with E-state index in [1.165, 1.54) is 0 Å². The average Bonchev–Trinajstić information content (AvgIpc) is 3.09. The smallest absolute Gasteiger partial charge is 0.357 e. The summed E-state index contributed by atoms with van der Waals surface area (Å²) in [6.45, 7) is 3.37. The van der Waals surface area contributed by atoms with Gasteiger partial charge in [-0.1, -0.05) is 12.1 Å². The summed E-state index contributed by atoms with van der Waals surface area (Å²) in [5.41, 5.74) is 0.617. The van der Waals surface area contributed by atoms with E-state index in [1.807, 2.05) is 13.0 Å². The second-order valence-corrected chi connectivity index (χ2v) is 6.25. The molecule has 0 amide bonds. The van der Waals surface area contributed by atoms with Gasteiger partial charge >= 0.3 is 6.18 Å². The predicted molar refractivity (Wildman–Crippen MR) is 110 cm³/mol. The lowest BCUT2D eigenvalue weighted by atomic mass is 10.1. The average molecular weight is 509 g/mol. The van der Waals surface area contributed by atoms with Crippen molar-refractivity contribution in [3.8, 4) is 6.07 Å². The Morgan fingerprint density at radius 3 is 2.74 bits per heavy atom. The summed E-state index contributed by atoms with van der Waals surface area (Å²) in [6, 6.07) is 9.24. The first-order chi connectivity index (χ1) is 12.4. The van der Waals surface area contributed by atoms with Crippen molar-refractivity contribution in [1.82, 2.24) is 15.6 Å². The number of aromatic nitrogens is 1. The maximum Gasteiger partial charge on any atom is 0.434 e. The molecule has 0 saturated carbocycles. The summed E-state index contributed by atoms with van der Waals surface area (Å²) in [7, 11) is 0. The van der Waals surface area contributed by atoms with Crippen LogP contribution >= 0.6 is 35.3 Å². The van der Waals surface area contributed by atoms with Gasteiger partial charge in [0.1, 0.15) is 0 Å². The first kappa shape index (κ1) is 23.2. The molecule has 0 fully saturated rings. The fourth-order valence-corrected chi connectivity index (χ4v) is 2.90. The molecule has 0 aliphatic heterocycles. The first-order valence-corrected chi connectivity index (χ1v) is 8.83. The van der Waals surface area contributed by atoms with Gasteiger partial charge in [-0.15, -0.1) is 35.3 Å². The first-order valence-electron chi connectivity index (χ1n) is 7.95. The normalized spacial score (nSPS) is 11.4. The lowest BCUT2D eigenvalue weighted by molar-refractivity contribution is -0.140. The molecule has 1 aromatic carbocycles. The molecule has 0 radical (unpaired) electrons. The fraction of sp³-hybridized carbons (Fsp3) is 0.353. The molecule has 0 unspecified atom stereocenters. The van der Waals surface area contributed by atoms with E-state index in [0.29, 0.717) is 42.6 Å². The quantitative estimate of drug-likeness (QED) is 0.352. The minimum Gasteiger partial charge on any atom is -0.357 e. The molecule has 146 valence electrons. The molecule has 5 nitrogen and oxygen atoms in total. The highest BCUT2D eigenvalue weighted by molar-refractivity contribution is 14.0. The van der Waals surface area contributed by atoms with Crippen molar-refractivity contribution < 1.29 is 13.2 Å². The molecule has 0 bridgehead atoms. The van der Waals surface area contributed by atoms with Crippen LogP contribution in [0.4, 0.5) is 13.2 Å². The topological polar surface area (TPSA) is 73.1 Å². The number of rotatable bonds is 6. The zero-order valence-electron chi connectivity index (χ0n) is 14.5. The summed E-state index contributed by atoms with van der Waals surface area (Å²) in [4.78, 5) is 8.02. The highest BCUT2D eigenvalue weighted by Gasteiger charge is 2.33. The number of hydrogen-bond acceptors (Lipinski definition) is 4. The summed E-state index contributed by atoms with van der Waals surface area (Å²) >= 11 is 0.994. The predicted octanol–water partition coefficient (Wildman–Crippen LogP) is 3.95. The van der Waals surface area contributed by atoms with E-state index < -0.39 is 11.9 Å². The SMILES string of the molecule is CCNC(=NCc1cccc(C#N)c1)NCCc1nc(C(F)(F)F)cs1.I. The number of aliphatic imine (C=N–C) groups is 1. The van der Waals surface area contributed by atoms with E-state index in [-0.39, 0.29) is 24.0 Å². The Hall–Kier alpha value is -1.87. The molecular weight excluding hydrogens is 490 g/mol. The van der Waals surface area contributed by atoms with Gasteiger partial charge in [0.05, 0.1) is 23.2 Å². The number of nitrogens with zero attached hydrogens (tertiary/aromatic N) is 3. The Kier molecular flexibility index (Phi) is 9.51. The number of hydrogen-bond donors (Lipinski definition) is 2. The molecule has 27 heavy (non-hydrogen) atoms. The van der Waals surface area contributed by atoms with Gasteiger partial charge in [-0.2, -0.15) is 18.4 Å².